The SMILES string of the molecule is CCC(NC(=O)N1CCC(C(=O)O)C1C)c1ccccc1. The molecule has 1 aliphatic heterocycles. The van der Waals surface area contributed by atoms with Crippen LogP contribution >= 0.6 is 0 Å². The Morgan fingerprint density at radius 1 is 1.38 bits per heavy atom. The van der Waals surface area contributed by atoms with Crippen molar-refractivity contribution >= 4 is 12.0 Å². The summed E-state index contributed by atoms with van der Waals surface area (Å²) in [7, 11) is 0. The molecular weight excluding hydrogens is 268 g/mol. The molecule has 0 spiro atoms. The minimum Gasteiger partial charge on any atom is -0.481 e. The van der Waals surface area contributed by atoms with Crippen molar-refractivity contribution in [1.82, 2.24) is 10.2 Å². The third-order valence-electron chi connectivity index (χ3n) is 4.24. The maximum Gasteiger partial charge on any atom is 0.318 e. The number of benzene rings is 1. The summed E-state index contributed by atoms with van der Waals surface area (Å²) in [6, 6.07) is 9.32. The van der Waals surface area contributed by atoms with Crippen molar-refractivity contribution in [2.24, 2.45) is 5.92 Å². The fourth-order valence-electron chi connectivity index (χ4n) is 2.89. The van der Waals surface area contributed by atoms with Crippen molar-refractivity contribution < 1.29 is 14.7 Å². The number of hydrogen-bond acceptors (Lipinski definition) is 2. The molecule has 0 aromatic heterocycles. The Morgan fingerprint density at radius 2 is 2.05 bits per heavy atom. The second-order valence-corrected chi connectivity index (χ2v) is 5.49. The highest BCUT2D eigenvalue weighted by Crippen LogP contribution is 2.25. The van der Waals surface area contributed by atoms with E-state index in [9.17, 15) is 9.59 Å². The summed E-state index contributed by atoms with van der Waals surface area (Å²) in [4.78, 5) is 25.1. The van der Waals surface area contributed by atoms with Crippen molar-refractivity contribution in [3.63, 3.8) is 0 Å². The maximum atomic E-state index is 12.4. The number of nitrogens with one attached hydrogen (secondary N) is 1. The van der Waals surface area contributed by atoms with E-state index >= 15 is 0 Å². The zero-order valence-corrected chi connectivity index (χ0v) is 12.5. The van der Waals surface area contributed by atoms with Crippen LogP contribution in [0.1, 0.15) is 38.3 Å². The van der Waals surface area contributed by atoms with Gasteiger partial charge in [0, 0.05) is 12.6 Å². The van der Waals surface area contributed by atoms with Crippen LogP contribution in [-0.4, -0.2) is 34.6 Å². The van der Waals surface area contributed by atoms with Gasteiger partial charge < -0.3 is 15.3 Å². The van der Waals surface area contributed by atoms with Gasteiger partial charge in [-0.15, -0.1) is 0 Å². The largest absolute Gasteiger partial charge is 0.481 e. The average Bonchev–Trinajstić information content (AvgIpc) is 2.87. The fraction of sp³-hybridized carbons (Fsp3) is 0.500. The lowest BCUT2D eigenvalue weighted by Crippen LogP contribution is -2.45. The molecule has 5 nitrogen and oxygen atoms in total. The lowest BCUT2D eigenvalue weighted by molar-refractivity contribution is -0.142. The molecule has 0 bridgehead atoms. The number of carboxylic acids is 1. The summed E-state index contributed by atoms with van der Waals surface area (Å²) >= 11 is 0. The van der Waals surface area contributed by atoms with E-state index in [1.165, 1.54) is 0 Å². The molecule has 0 aliphatic carbocycles. The number of amides is 2. The number of carboxylic acid groups (broad SMARTS) is 1. The zero-order valence-electron chi connectivity index (χ0n) is 12.5. The quantitative estimate of drug-likeness (QED) is 0.895. The Bertz CT molecular complexity index is 504. The molecule has 1 aliphatic rings. The van der Waals surface area contributed by atoms with E-state index in [1.54, 1.807) is 11.8 Å². The van der Waals surface area contributed by atoms with Gasteiger partial charge in [-0.3, -0.25) is 4.79 Å². The number of nitrogens with zero attached hydrogens (tertiary/aromatic N) is 1. The van der Waals surface area contributed by atoms with Crippen molar-refractivity contribution in [2.75, 3.05) is 6.54 Å². The van der Waals surface area contributed by atoms with Gasteiger partial charge in [0.25, 0.3) is 0 Å². The molecule has 0 saturated carbocycles. The molecule has 3 unspecified atom stereocenters. The zero-order chi connectivity index (χ0) is 15.4. The predicted octanol–water partition coefficient (Wildman–Crippen LogP) is 2.64. The first kappa shape index (κ1) is 15.4. The highest BCUT2D eigenvalue weighted by molar-refractivity contribution is 5.78. The molecule has 2 rings (SSSR count). The van der Waals surface area contributed by atoms with Crippen molar-refractivity contribution in [2.45, 2.75) is 38.8 Å². The van der Waals surface area contributed by atoms with Gasteiger partial charge >= 0.3 is 12.0 Å². The molecule has 1 aromatic carbocycles. The summed E-state index contributed by atoms with van der Waals surface area (Å²) in [6.07, 6.45) is 1.31. The van der Waals surface area contributed by atoms with Crippen molar-refractivity contribution in [1.29, 1.82) is 0 Å². The first-order chi connectivity index (χ1) is 10.0. The van der Waals surface area contributed by atoms with Crippen LogP contribution in [-0.2, 0) is 4.79 Å². The third-order valence-corrected chi connectivity index (χ3v) is 4.24. The summed E-state index contributed by atoms with van der Waals surface area (Å²) in [5.41, 5.74) is 1.06. The smallest absolute Gasteiger partial charge is 0.318 e. The van der Waals surface area contributed by atoms with Gasteiger partial charge in [0.15, 0.2) is 0 Å². The van der Waals surface area contributed by atoms with E-state index in [2.05, 4.69) is 5.32 Å². The molecule has 1 saturated heterocycles. The van der Waals surface area contributed by atoms with Crippen LogP contribution in [0.3, 0.4) is 0 Å². The second-order valence-electron chi connectivity index (χ2n) is 5.49. The molecule has 1 fully saturated rings. The first-order valence-corrected chi connectivity index (χ1v) is 7.39. The van der Waals surface area contributed by atoms with Crippen LogP contribution < -0.4 is 5.32 Å². The fourth-order valence-corrected chi connectivity index (χ4v) is 2.89. The Morgan fingerprint density at radius 3 is 2.57 bits per heavy atom. The predicted molar refractivity (Wildman–Crippen MR) is 79.9 cm³/mol. The second kappa shape index (κ2) is 6.61. The van der Waals surface area contributed by atoms with Gasteiger partial charge in [-0.05, 0) is 25.3 Å². The van der Waals surface area contributed by atoms with Gasteiger partial charge in [0.05, 0.1) is 12.0 Å². The molecular formula is C16H22N2O3. The van der Waals surface area contributed by atoms with Crippen LogP contribution in [0.5, 0.6) is 0 Å². The van der Waals surface area contributed by atoms with Gasteiger partial charge in [0.1, 0.15) is 0 Å². The Balaban J connectivity index is 2.02. The number of aliphatic carboxylic acids is 1. The van der Waals surface area contributed by atoms with Gasteiger partial charge in [0.2, 0.25) is 0 Å². The number of carbonyl (C=O) groups is 2. The molecule has 114 valence electrons. The molecule has 21 heavy (non-hydrogen) atoms. The van der Waals surface area contributed by atoms with E-state index in [1.807, 2.05) is 37.3 Å². The maximum absolute atomic E-state index is 12.4. The minimum absolute atomic E-state index is 0.0465. The molecule has 2 amide bonds. The van der Waals surface area contributed by atoms with E-state index < -0.39 is 11.9 Å². The standard InChI is InChI=1S/C16H22N2O3/c1-3-14(12-7-5-4-6-8-12)17-16(21)18-10-9-13(11(18)2)15(19)20/h4-8,11,13-14H,3,9-10H2,1-2H3,(H,17,21)(H,19,20). The molecule has 3 atom stereocenters. The van der Waals surface area contributed by atoms with Crippen LogP contribution in [0.25, 0.3) is 0 Å². The Labute approximate surface area is 125 Å². The number of carbonyl (C=O) groups excluding carboxylic acids is 1. The summed E-state index contributed by atoms with van der Waals surface area (Å²) in [6.45, 7) is 4.31. The minimum atomic E-state index is -0.826. The Kier molecular flexibility index (Phi) is 4.83. The number of urea groups is 1. The first-order valence-electron chi connectivity index (χ1n) is 7.39. The molecule has 1 heterocycles. The lowest BCUT2D eigenvalue weighted by atomic mass is 10.0. The number of likely N-dealkylation sites (tertiary alicyclic amines) is 1. The number of rotatable bonds is 4. The Hall–Kier alpha value is -2.04. The van der Waals surface area contributed by atoms with Crippen LogP contribution in [0.2, 0.25) is 0 Å². The van der Waals surface area contributed by atoms with Gasteiger partial charge in [-0.2, -0.15) is 0 Å². The normalized spacial score (nSPS) is 22.9. The van der Waals surface area contributed by atoms with Gasteiger partial charge in [-0.25, -0.2) is 4.79 Å². The highest BCUT2D eigenvalue weighted by Gasteiger charge is 2.38. The lowest BCUT2D eigenvalue weighted by Gasteiger charge is -2.26. The van der Waals surface area contributed by atoms with Crippen LogP contribution in [0.15, 0.2) is 30.3 Å². The number of hydrogen-bond donors (Lipinski definition) is 2. The molecule has 2 N–H and O–H groups in total. The monoisotopic (exact) mass is 290 g/mol. The summed E-state index contributed by atoms with van der Waals surface area (Å²) in [5, 5.41) is 12.1. The molecule has 1 aromatic rings. The van der Waals surface area contributed by atoms with Crippen molar-refractivity contribution in [3.8, 4) is 0 Å². The van der Waals surface area contributed by atoms with E-state index in [0.717, 1.165) is 12.0 Å². The topological polar surface area (TPSA) is 69.6 Å². The third kappa shape index (κ3) is 3.35. The highest BCUT2D eigenvalue weighted by atomic mass is 16.4. The summed E-state index contributed by atoms with van der Waals surface area (Å²) < 4.78 is 0. The summed E-state index contributed by atoms with van der Waals surface area (Å²) in [5.74, 6) is -1.29. The van der Waals surface area contributed by atoms with Crippen molar-refractivity contribution in [3.05, 3.63) is 35.9 Å². The van der Waals surface area contributed by atoms with Crippen LogP contribution in [0, 0.1) is 5.92 Å². The molecule has 5 heteroatoms. The van der Waals surface area contributed by atoms with E-state index in [4.69, 9.17) is 5.11 Å². The van der Waals surface area contributed by atoms with Gasteiger partial charge in [-0.1, -0.05) is 37.3 Å². The average molecular weight is 290 g/mol. The van der Waals surface area contributed by atoms with Crippen LogP contribution in [0.4, 0.5) is 4.79 Å². The van der Waals surface area contributed by atoms with E-state index in [-0.39, 0.29) is 18.1 Å². The molecule has 0 radical (unpaired) electrons. The van der Waals surface area contributed by atoms with E-state index in [0.29, 0.717) is 13.0 Å².